The number of ether oxygens (including phenoxy) is 1. The van der Waals surface area contributed by atoms with Crippen LogP contribution < -0.4 is 0 Å². The van der Waals surface area contributed by atoms with Crippen LogP contribution in [-0.2, 0) is 9.53 Å². The number of carbonyl (C=O) groups is 1. The minimum absolute atomic E-state index is 0.0443. The summed E-state index contributed by atoms with van der Waals surface area (Å²) in [7, 11) is 1.44. The van der Waals surface area contributed by atoms with E-state index in [1.807, 2.05) is 10.6 Å². The third kappa shape index (κ3) is 2.66. The number of nitrogens with zero attached hydrogens (tertiary/aromatic N) is 3. The predicted octanol–water partition coefficient (Wildman–Crippen LogP) is 3.59. The molecule has 0 amide bonds. The van der Waals surface area contributed by atoms with E-state index in [1.165, 1.54) is 7.11 Å². The lowest BCUT2D eigenvalue weighted by molar-refractivity contribution is -0.146. The Morgan fingerprint density at radius 2 is 2.33 bits per heavy atom. The Morgan fingerprint density at radius 3 is 3.10 bits per heavy atom. The molecule has 21 heavy (non-hydrogen) atoms. The SMILES string of the molecule is COC(=O)[C@@H]1CCC[C@H](c2nc(Br)c3c(Cl)nccn23)C1. The van der Waals surface area contributed by atoms with Gasteiger partial charge in [-0.1, -0.05) is 18.0 Å². The summed E-state index contributed by atoms with van der Waals surface area (Å²) in [4.78, 5) is 20.5. The first kappa shape index (κ1) is 14.8. The number of esters is 1. The van der Waals surface area contributed by atoms with E-state index >= 15 is 0 Å². The van der Waals surface area contributed by atoms with Crippen LogP contribution in [0.4, 0.5) is 0 Å². The van der Waals surface area contributed by atoms with E-state index in [0.29, 0.717) is 9.76 Å². The average Bonchev–Trinajstić information content (AvgIpc) is 2.85. The third-order valence-electron chi connectivity index (χ3n) is 4.07. The molecule has 5 nitrogen and oxygen atoms in total. The Bertz CT molecular complexity index is 688. The number of hydrogen-bond acceptors (Lipinski definition) is 4. The summed E-state index contributed by atoms with van der Waals surface area (Å²) in [5, 5.41) is 0.420. The molecule has 1 saturated carbocycles. The number of carbonyl (C=O) groups excluding carboxylic acids is 1. The number of aromatic nitrogens is 3. The standard InChI is InChI=1S/C14H15BrClN3O2/c1-21-14(20)9-4-2-3-8(7-9)13-18-11(15)10-12(16)17-5-6-19(10)13/h5-6,8-9H,2-4,7H2,1H3/t8-,9+/m0/s1. The molecule has 2 aromatic heterocycles. The summed E-state index contributed by atoms with van der Waals surface area (Å²) < 4.78 is 7.53. The van der Waals surface area contributed by atoms with Gasteiger partial charge in [0.1, 0.15) is 15.9 Å². The Kier molecular flexibility index (Phi) is 4.17. The topological polar surface area (TPSA) is 56.5 Å². The normalized spacial score (nSPS) is 22.4. The second-order valence-corrected chi connectivity index (χ2v) is 6.39. The number of fused-ring (bicyclic) bond motifs is 1. The van der Waals surface area contributed by atoms with Gasteiger partial charge in [0.25, 0.3) is 0 Å². The molecule has 2 heterocycles. The van der Waals surface area contributed by atoms with Gasteiger partial charge < -0.3 is 4.74 Å². The highest BCUT2D eigenvalue weighted by atomic mass is 79.9. The molecule has 0 unspecified atom stereocenters. The molecule has 2 aromatic rings. The first-order valence-electron chi connectivity index (χ1n) is 6.87. The number of imidazole rings is 1. The summed E-state index contributed by atoms with van der Waals surface area (Å²) >= 11 is 9.58. The van der Waals surface area contributed by atoms with Gasteiger partial charge in [-0.15, -0.1) is 0 Å². The molecule has 2 atom stereocenters. The lowest BCUT2D eigenvalue weighted by Crippen LogP contribution is -2.24. The van der Waals surface area contributed by atoms with Crippen molar-refractivity contribution in [1.29, 1.82) is 0 Å². The van der Waals surface area contributed by atoms with Crippen LogP contribution in [0.15, 0.2) is 17.0 Å². The lowest BCUT2D eigenvalue weighted by Gasteiger charge is -2.26. The molecule has 0 radical (unpaired) electrons. The summed E-state index contributed by atoms with van der Waals surface area (Å²) in [5.41, 5.74) is 0.773. The van der Waals surface area contributed by atoms with Crippen molar-refractivity contribution in [2.45, 2.75) is 31.6 Å². The minimum atomic E-state index is -0.126. The molecule has 7 heteroatoms. The van der Waals surface area contributed by atoms with Crippen molar-refractivity contribution in [1.82, 2.24) is 14.4 Å². The number of rotatable bonds is 2. The second kappa shape index (κ2) is 5.93. The van der Waals surface area contributed by atoms with Gasteiger partial charge in [-0.25, -0.2) is 9.97 Å². The molecule has 0 aromatic carbocycles. The molecule has 0 spiro atoms. The van der Waals surface area contributed by atoms with Crippen molar-refractivity contribution in [2.75, 3.05) is 7.11 Å². The molecule has 0 aliphatic heterocycles. The van der Waals surface area contributed by atoms with Gasteiger partial charge >= 0.3 is 5.97 Å². The Hall–Kier alpha value is -1.14. The minimum Gasteiger partial charge on any atom is -0.469 e. The highest BCUT2D eigenvalue weighted by Gasteiger charge is 2.31. The molecular formula is C14H15BrClN3O2. The highest BCUT2D eigenvalue weighted by molar-refractivity contribution is 9.10. The summed E-state index contributed by atoms with van der Waals surface area (Å²) in [6.07, 6.45) is 7.17. The highest BCUT2D eigenvalue weighted by Crippen LogP contribution is 2.38. The van der Waals surface area contributed by atoms with E-state index in [-0.39, 0.29) is 17.8 Å². The monoisotopic (exact) mass is 371 g/mol. The Morgan fingerprint density at radius 1 is 1.52 bits per heavy atom. The van der Waals surface area contributed by atoms with Gasteiger partial charge in [-0.3, -0.25) is 9.20 Å². The average molecular weight is 373 g/mol. The number of hydrogen-bond donors (Lipinski definition) is 0. The maximum Gasteiger partial charge on any atom is 0.308 e. The molecule has 112 valence electrons. The molecule has 0 N–H and O–H groups in total. The molecule has 0 bridgehead atoms. The van der Waals surface area contributed by atoms with Crippen LogP contribution in [0.2, 0.25) is 5.15 Å². The fraction of sp³-hybridized carbons (Fsp3) is 0.500. The van der Waals surface area contributed by atoms with Gasteiger partial charge in [0.05, 0.1) is 13.0 Å². The summed E-state index contributed by atoms with van der Waals surface area (Å²) in [6.45, 7) is 0. The van der Waals surface area contributed by atoms with E-state index in [4.69, 9.17) is 16.3 Å². The predicted molar refractivity (Wildman–Crippen MR) is 82.4 cm³/mol. The molecule has 1 aliphatic rings. The quantitative estimate of drug-likeness (QED) is 0.756. The maximum absolute atomic E-state index is 11.8. The Labute approximate surface area is 135 Å². The van der Waals surface area contributed by atoms with Crippen molar-refractivity contribution in [3.63, 3.8) is 0 Å². The van der Waals surface area contributed by atoms with Gasteiger partial charge in [0.15, 0.2) is 5.15 Å². The van der Waals surface area contributed by atoms with E-state index in [2.05, 4.69) is 25.9 Å². The van der Waals surface area contributed by atoms with E-state index in [1.54, 1.807) is 6.20 Å². The van der Waals surface area contributed by atoms with E-state index < -0.39 is 0 Å². The Balaban J connectivity index is 1.97. The van der Waals surface area contributed by atoms with Gasteiger partial charge in [-0.2, -0.15) is 0 Å². The van der Waals surface area contributed by atoms with Gasteiger partial charge in [0, 0.05) is 18.3 Å². The van der Waals surface area contributed by atoms with Crippen LogP contribution in [0.25, 0.3) is 5.52 Å². The van der Waals surface area contributed by atoms with Crippen molar-refractivity contribution in [3.8, 4) is 0 Å². The van der Waals surface area contributed by atoms with Crippen molar-refractivity contribution in [2.24, 2.45) is 5.92 Å². The summed E-state index contributed by atoms with van der Waals surface area (Å²) in [5.74, 6) is 0.978. The van der Waals surface area contributed by atoms with Crippen molar-refractivity contribution < 1.29 is 9.53 Å². The van der Waals surface area contributed by atoms with Crippen LogP contribution in [0, 0.1) is 5.92 Å². The van der Waals surface area contributed by atoms with Crippen LogP contribution in [0.1, 0.15) is 37.4 Å². The molecule has 1 aliphatic carbocycles. The zero-order chi connectivity index (χ0) is 15.0. The van der Waals surface area contributed by atoms with Crippen LogP contribution in [-0.4, -0.2) is 27.4 Å². The number of halogens is 2. The first-order valence-corrected chi connectivity index (χ1v) is 8.04. The fourth-order valence-corrected chi connectivity index (χ4v) is 3.99. The van der Waals surface area contributed by atoms with E-state index in [0.717, 1.165) is 37.0 Å². The van der Waals surface area contributed by atoms with E-state index in [9.17, 15) is 4.79 Å². The van der Waals surface area contributed by atoms with Crippen LogP contribution in [0.5, 0.6) is 0 Å². The third-order valence-corrected chi connectivity index (χ3v) is 4.90. The summed E-state index contributed by atoms with van der Waals surface area (Å²) in [6, 6.07) is 0. The van der Waals surface area contributed by atoms with Crippen molar-refractivity contribution in [3.05, 3.63) is 28.0 Å². The smallest absolute Gasteiger partial charge is 0.308 e. The maximum atomic E-state index is 11.8. The first-order chi connectivity index (χ1) is 10.1. The lowest BCUT2D eigenvalue weighted by atomic mass is 9.81. The molecule has 0 saturated heterocycles. The second-order valence-electron chi connectivity index (χ2n) is 5.28. The van der Waals surface area contributed by atoms with Crippen molar-refractivity contribution >= 4 is 39.0 Å². The zero-order valence-corrected chi connectivity index (χ0v) is 13.9. The molecule has 1 fully saturated rings. The molecular weight excluding hydrogens is 358 g/mol. The van der Waals surface area contributed by atoms with Gasteiger partial charge in [-0.05, 0) is 35.2 Å². The van der Waals surface area contributed by atoms with Gasteiger partial charge in [0.2, 0.25) is 0 Å². The van der Waals surface area contributed by atoms with Crippen LogP contribution >= 0.6 is 27.5 Å². The zero-order valence-electron chi connectivity index (χ0n) is 11.6. The molecule has 3 rings (SSSR count). The largest absolute Gasteiger partial charge is 0.469 e. The fourth-order valence-electron chi connectivity index (χ4n) is 3.08. The van der Waals surface area contributed by atoms with Crippen LogP contribution in [0.3, 0.4) is 0 Å². The number of methoxy groups -OCH3 is 1.